The Labute approximate surface area is 105 Å². The molecule has 1 heterocycles. The van der Waals surface area contributed by atoms with Gasteiger partial charge < -0.3 is 10.1 Å². The number of ether oxygens (including phenoxy) is 1. The lowest BCUT2D eigenvalue weighted by Gasteiger charge is -2.26. The lowest BCUT2D eigenvalue weighted by Crippen LogP contribution is -2.41. The Kier molecular flexibility index (Phi) is 4.25. The van der Waals surface area contributed by atoms with E-state index in [1.165, 1.54) is 12.8 Å². The van der Waals surface area contributed by atoms with Gasteiger partial charge in [0.25, 0.3) is 0 Å². The van der Waals surface area contributed by atoms with Crippen LogP contribution in [-0.4, -0.2) is 29.5 Å². The maximum absolute atomic E-state index is 11.9. The first-order valence-electron chi connectivity index (χ1n) is 6.21. The van der Waals surface area contributed by atoms with Gasteiger partial charge in [-0.05, 0) is 39.0 Å². The van der Waals surface area contributed by atoms with Crippen LogP contribution in [0.2, 0.25) is 0 Å². The van der Waals surface area contributed by atoms with E-state index in [0.717, 1.165) is 19.3 Å². The summed E-state index contributed by atoms with van der Waals surface area (Å²) < 4.78 is 5.42. The molecule has 0 aromatic carbocycles. The second kappa shape index (κ2) is 5.50. The maximum Gasteiger partial charge on any atom is 0.225 e. The summed E-state index contributed by atoms with van der Waals surface area (Å²) >= 11 is 3.62. The SMILES string of the molecule is CC1CC(C(=O)NC2CCC(Br)CC2)CO1. The topological polar surface area (TPSA) is 38.3 Å². The van der Waals surface area contributed by atoms with Gasteiger partial charge in [0.1, 0.15) is 0 Å². The first-order valence-corrected chi connectivity index (χ1v) is 7.12. The van der Waals surface area contributed by atoms with Crippen LogP contribution in [0.4, 0.5) is 0 Å². The van der Waals surface area contributed by atoms with E-state index in [1.54, 1.807) is 0 Å². The van der Waals surface area contributed by atoms with Crippen molar-refractivity contribution >= 4 is 21.8 Å². The molecule has 2 atom stereocenters. The number of rotatable bonds is 2. The minimum atomic E-state index is 0.0803. The third-order valence-electron chi connectivity index (χ3n) is 3.57. The number of carbonyl (C=O) groups is 1. The van der Waals surface area contributed by atoms with E-state index in [2.05, 4.69) is 21.2 Å². The Balaban J connectivity index is 1.75. The highest BCUT2D eigenvalue weighted by atomic mass is 79.9. The number of hydrogen-bond donors (Lipinski definition) is 1. The number of amides is 1. The van der Waals surface area contributed by atoms with Crippen molar-refractivity contribution in [1.29, 1.82) is 0 Å². The molecule has 3 nitrogen and oxygen atoms in total. The predicted octanol–water partition coefficient (Wildman–Crippen LogP) is 2.23. The Hall–Kier alpha value is -0.0900. The van der Waals surface area contributed by atoms with E-state index in [9.17, 15) is 4.79 Å². The average molecular weight is 290 g/mol. The van der Waals surface area contributed by atoms with E-state index in [0.29, 0.717) is 17.5 Å². The number of hydrogen-bond acceptors (Lipinski definition) is 2. The summed E-state index contributed by atoms with van der Waals surface area (Å²) in [4.78, 5) is 12.6. The Morgan fingerprint density at radius 2 is 2.00 bits per heavy atom. The van der Waals surface area contributed by atoms with Gasteiger partial charge in [-0.15, -0.1) is 0 Å². The fourth-order valence-electron chi connectivity index (χ4n) is 2.52. The molecule has 1 saturated heterocycles. The van der Waals surface area contributed by atoms with Crippen molar-refractivity contribution in [2.45, 2.75) is 56.0 Å². The minimum absolute atomic E-state index is 0.0803. The summed E-state index contributed by atoms with van der Waals surface area (Å²) in [5.41, 5.74) is 0. The molecule has 16 heavy (non-hydrogen) atoms. The highest BCUT2D eigenvalue weighted by Gasteiger charge is 2.30. The molecule has 0 spiro atoms. The standard InChI is InChI=1S/C12H20BrNO2/c1-8-6-9(7-16-8)12(15)14-11-4-2-10(13)3-5-11/h8-11H,2-7H2,1H3,(H,14,15). The van der Waals surface area contributed by atoms with Gasteiger partial charge in [-0.2, -0.15) is 0 Å². The van der Waals surface area contributed by atoms with Crippen molar-refractivity contribution < 1.29 is 9.53 Å². The van der Waals surface area contributed by atoms with Crippen LogP contribution in [-0.2, 0) is 9.53 Å². The van der Waals surface area contributed by atoms with Gasteiger partial charge in [0.05, 0.1) is 18.6 Å². The summed E-state index contributed by atoms with van der Waals surface area (Å²) in [5.74, 6) is 0.277. The Bertz CT molecular complexity index is 251. The van der Waals surface area contributed by atoms with Crippen LogP contribution >= 0.6 is 15.9 Å². The zero-order valence-corrected chi connectivity index (χ0v) is 11.3. The summed E-state index contributed by atoms with van der Waals surface area (Å²) in [6.07, 6.45) is 5.66. The van der Waals surface area contributed by atoms with Gasteiger partial charge in [0, 0.05) is 10.9 Å². The van der Waals surface area contributed by atoms with Crippen LogP contribution in [0.1, 0.15) is 39.0 Å². The van der Waals surface area contributed by atoms with Crippen molar-refractivity contribution in [3.63, 3.8) is 0 Å². The lowest BCUT2D eigenvalue weighted by atomic mass is 9.94. The highest BCUT2D eigenvalue weighted by Crippen LogP contribution is 2.25. The molecule has 1 amide bonds. The van der Waals surface area contributed by atoms with Gasteiger partial charge in [-0.3, -0.25) is 4.79 Å². The fourth-order valence-corrected chi connectivity index (χ4v) is 3.04. The molecule has 1 N–H and O–H groups in total. The number of halogens is 1. The quantitative estimate of drug-likeness (QED) is 0.792. The first-order chi connectivity index (χ1) is 7.65. The van der Waals surface area contributed by atoms with Gasteiger partial charge >= 0.3 is 0 Å². The molecule has 0 radical (unpaired) electrons. The summed E-state index contributed by atoms with van der Waals surface area (Å²) in [7, 11) is 0. The molecule has 1 saturated carbocycles. The summed E-state index contributed by atoms with van der Waals surface area (Å²) in [6.45, 7) is 2.63. The molecule has 4 heteroatoms. The van der Waals surface area contributed by atoms with Gasteiger partial charge in [-0.25, -0.2) is 0 Å². The van der Waals surface area contributed by atoms with Crippen molar-refractivity contribution in [1.82, 2.24) is 5.32 Å². The molecule has 2 rings (SSSR count). The van der Waals surface area contributed by atoms with Crippen molar-refractivity contribution in [3.8, 4) is 0 Å². The van der Waals surface area contributed by atoms with Crippen LogP contribution in [0.5, 0.6) is 0 Å². The van der Waals surface area contributed by atoms with Gasteiger partial charge in [0.15, 0.2) is 0 Å². The lowest BCUT2D eigenvalue weighted by molar-refractivity contribution is -0.125. The first kappa shape index (κ1) is 12.4. The van der Waals surface area contributed by atoms with Crippen LogP contribution in [0.3, 0.4) is 0 Å². The molecule has 92 valence electrons. The summed E-state index contributed by atoms with van der Waals surface area (Å²) in [5, 5.41) is 3.16. The Morgan fingerprint density at radius 3 is 2.56 bits per heavy atom. The van der Waals surface area contributed by atoms with Crippen LogP contribution in [0, 0.1) is 5.92 Å². The molecule has 2 fully saturated rings. The second-order valence-electron chi connectivity index (χ2n) is 5.03. The van der Waals surface area contributed by atoms with Crippen molar-refractivity contribution in [2.24, 2.45) is 5.92 Å². The maximum atomic E-state index is 11.9. The smallest absolute Gasteiger partial charge is 0.225 e. The molecular weight excluding hydrogens is 270 g/mol. The van der Waals surface area contributed by atoms with E-state index in [-0.39, 0.29) is 17.9 Å². The van der Waals surface area contributed by atoms with E-state index in [4.69, 9.17) is 4.74 Å². The van der Waals surface area contributed by atoms with E-state index < -0.39 is 0 Å². The van der Waals surface area contributed by atoms with Crippen molar-refractivity contribution in [3.05, 3.63) is 0 Å². The predicted molar refractivity (Wildman–Crippen MR) is 66.6 cm³/mol. The fraction of sp³-hybridized carbons (Fsp3) is 0.917. The minimum Gasteiger partial charge on any atom is -0.378 e. The molecule has 0 bridgehead atoms. The monoisotopic (exact) mass is 289 g/mol. The number of carbonyl (C=O) groups excluding carboxylic acids is 1. The molecule has 2 aliphatic rings. The summed E-state index contributed by atoms with van der Waals surface area (Å²) in [6, 6.07) is 0.386. The normalized spacial score (nSPS) is 39.6. The molecule has 0 aromatic rings. The molecule has 1 aliphatic carbocycles. The van der Waals surface area contributed by atoms with Crippen LogP contribution in [0.15, 0.2) is 0 Å². The highest BCUT2D eigenvalue weighted by molar-refractivity contribution is 9.09. The second-order valence-corrected chi connectivity index (χ2v) is 6.33. The third kappa shape index (κ3) is 3.20. The van der Waals surface area contributed by atoms with Crippen LogP contribution in [0.25, 0.3) is 0 Å². The molecule has 0 aromatic heterocycles. The van der Waals surface area contributed by atoms with E-state index >= 15 is 0 Å². The third-order valence-corrected chi connectivity index (χ3v) is 4.49. The molecular formula is C12H20BrNO2. The largest absolute Gasteiger partial charge is 0.378 e. The zero-order valence-electron chi connectivity index (χ0n) is 9.75. The van der Waals surface area contributed by atoms with E-state index in [1.807, 2.05) is 6.92 Å². The number of alkyl halides is 1. The molecule has 2 unspecified atom stereocenters. The average Bonchev–Trinajstić information content (AvgIpc) is 2.68. The van der Waals surface area contributed by atoms with Crippen LogP contribution < -0.4 is 5.32 Å². The molecule has 1 aliphatic heterocycles. The zero-order chi connectivity index (χ0) is 11.5. The van der Waals surface area contributed by atoms with Gasteiger partial charge in [0.2, 0.25) is 5.91 Å². The Morgan fingerprint density at radius 1 is 1.31 bits per heavy atom. The number of nitrogens with one attached hydrogen (secondary N) is 1. The van der Waals surface area contributed by atoms with Gasteiger partial charge in [-0.1, -0.05) is 15.9 Å². The van der Waals surface area contributed by atoms with Crippen molar-refractivity contribution in [2.75, 3.05) is 6.61 Å².